The fourth-order valence-corrected chi connectivity index (χ4v) is 3.50. The van der Waals surface area contributed by atoms with Crippen molar-refractivity contribution in [3.8, 4) is 0 Å². The number of nitrogens with zero attached hydrogens (tertiary/aromatic N) is 2. The van der Waals surface area contributed by atoms with E-state index in [-0.39, 0.29) is 29.1 Å². The molecule has 1 aliphatic rings. The molecule has 1 amide bonds. The van der Waals surface area contributed by atoms with E-state index in [1.165, 1.54) is 12.4 Å². The molecule has 1 aromatic heterocycles. The van der Waals surface area contributed by atoms with E-state index in [1.807, 2.05) is 6.92 Å². The summed E-state index contributed by atoms with van der Waals surface area (Å²) in [4.78, 5) is 20.1. The summed E-state index contributed by atoms with van der Waals surface area (Å²) in [6, 6.07) is -0.110. The number of anilines is 1. The summed E-state index contributed by atoms with van der Waals surface area (Å²) in [5, 5.41) is 5.79. The summed E-state index contributed by atoms with van der Waals surface area (Å²) in [5.41, 5.74) is 0.236. The van der Waals surface area contributed by atoms with Crippen LogP contribution >= 0.6 is 0 Å². The van der Waals surface area contributed by atoms with Crippen molar-refractivity contribution in [2.24, 2.45) is 0 Å². The van der Waals surface area contributed by atoms with Crippen LogP contribution in [0.1, 0.15) is 30.3 Å². The van der Waals surface area contributed by atoms with E-state index in [0.717, 1.165) is 6.54 Å². The lowest BCUT2D eigenvalue weighted by Crippen LogP contribution is -2.41. The molecule has 2 rings (SSSR count). The van der Waals surface area contributed by atoms with E-state index in [4.69, 9.17) is 0 Å². The molecule has 1 aliphatic heterocycles. The van der Waals surface area contributed by atoms with Crippen LogP contribution in [0.2, 0.25) is 0 Å². The van der Waals surface area contributed by atoms with Crippen LogP contribution in [0.15, 0.2) is 12.4 Å². The molecule has 1 fully saturated rings. The Labute approximate surface area is 118 Å². The summed E-state index contributed by atoms with van der Waals surface area (Å²) in [7, 11) is -2.92. The molecule has 2 heterocycles. The van der Waals surface area contributed by atoms with Crippen LogP contribution in [0.5, 0.6) is 0 Å². The van der Waals surface area contributed by atoms with Crippen molar-refractivity contribution >= 4 is 21.6 Å². The van der Waals surface area contributed by atoms with Gasteiger partial charge in [-0.05, 0) is 19.8 Å². The van der Waals surface area contributed by atoms with Crippen LogP contribution < -0.4 is 10.6 Å². The smallest absolute Gasteiger partial charge is 0.271 e. The average Bonchev–Trinajstić information content (AvgIpc) is 2.42. The molecule has 0 spiro atoms. The Hall–Kier alpha value is -1.70. The third-order valence-corrected chi connectivity index (χ3v) is 4.85. The first kappa shape index (κ1) is 14.7. The number of aromatic nitrogens is 2. The van der Waals surface area contributed by atoms with Crippen molar-refractivity contribution in [2.45, 2.75) is 25.8 Å². The molecule has 0 saturated carbocycles. The van der Waals surface area contributed by atoms with Crippen LogP contribution in [0.3, 0.4) is 0 Å². The maximum absolute atomic E-state index is 12.0. The normalized spacial score (nSPS) is 18.4. The van der Waals surface area contributed by atoms with E-state index in [2.05, 4.69) is 20.6 Å². The third kappa shape index (κ3) is 3.89. The van der Waals surface area contributed by atoms with Gasteiger partial charge in [0.1, 0.15) is 21.3 Å². The van der Waals surface area contributed by atoms with E-state index < -0.39 is 9.84 Å². The van der Waals surface area contributed by atoms with Crippen molar-refractivity contribution in [1.29, 1.82) is 0 Å². The van der Waals surface area contributed by atoms with Gasteiger partial charge in [0, 0.05) is 12.6 Å². The Balaban J connectivity index is 1.91. The summed E-state index contributed by atoms with van der Waals surface area (Å²) in [6.45, 7) is 2.68. The summed E-state index contributed by atoms with van der Waals surface area (Å²) < 4.78 is 22.6. The Bertz CT molecular complexity index is 557. The van der Waals surface area contributed by atoms with Crippen LogP contribution in [0, 0.1) is 0 Å². The number of rotatable bonds is 4. The Morgan fingerprint density at radius 2 is 2.00 bits per heavy atom. The molecule has 0 atom stereocenters. The number of hydrogen-bond donors (Lipinski definition) is 2. The van der Waals surface area contributed by atoms with Crippen LogP contribution in [0.25, 0.3) is 0 Å². The fraction of sp³-hybridized carbons (Fsp3) is 0.583. The molecule has 0 bridgehead atoms. The van der Waals surface area contributed by atoms with E-state index in [0.29, 0.717) is 18.7 Å². The predicted octanol–water partition coefficient (Wildman–Crippen LogP) is 0.215. The first-order valence-electron chi connectivity index (χ1n) is 6.57. The Kier molecular flexibility index (Phi) is 4.53. The number of carbonyl (C=O) groups is 1. The van der Waals surface area contributed by atoms with Gasteiger partial charge in [-0.1, -0.05) is 0 Å². The van der Waals surface area contributed by atoms with Crippen molar-refractivity contribution < 1.29 is 13.2 Å². The molecule has 0 radical (unpaired) electrons. The molecule has 0 aliphatic carbocycles. The molecular formula is C12H18N4O3S. The van der Waals surface area contributed by atoms with Crippen molar-refractivity contribution in [1.82, 2.24) is 15.3 Å². The zero-order valence-electron chi connectivity index (χ0n) is 11.3. The topological polar surface area (TPSA) is 101 Å². The molecule has 1 aromatic rings. The third-order valence-electron chi connectivity index (χ3n) is 3.13. The molecule has 110 valence electrons. The highest BCUT2D eigenvalue weighted by Crippen LogP contribution is 2.12. The minimum absolute atomic E-state index is 0.110. The maximum Gasteiger partial charge on any atom is 0.271 e. The highest BCUT2D eigenvalue weighted by Gasteiger charge is 2.25. The Morgan fingerprint density at radius 3 is 2.55 bits per heavy atom. The predicted molar refractivity (Wildman–Crippen MR) is 75.3 cm³/mol. The first-order chi connectivity index (χ1) is 9.50. The summed E-state index contributed by atoms with van der Waals surface area (Å²) in [5.74, 6) is 0.559. The molecule has 7 nitrogen and oxygen atoms in total. The molecule has 0 unspecified atom stereocenters. The zero-order chi connectivity index (χ0) is 14.6. The quantitative estimate of drug-likeness (QED) is 0.824. The van der Waals surface area contributed by atoms with Crippen molar-refractivity contribution in [3.63, 3.8) is 0 Å². The lowest BCUT2D eigenvalue weighted by molar-refractivity contribution is 0.0929. The number of carbonyl (C=O) groups excluding carboxylic acids is 1. The second kappa shape index (κ2) is 6.17. The monoisotopic (exact) mass is 298 g/mol. The lowest BCUT2D eigenvalue weighted by Gasteiger charge is -2.22. The minimum atomic E-state index is -2.92. The van der Waals surface area contributed by atoms with Gasteiger partial charge >= 0.3 is 0 Å². The molecular weight excluding hydrogens is 280 g/mol. The van der Waals surface area contributed by atoms with Gasteiger partial charge in [-0.3, -0.25) is 4.79 Å². The maximum atomic E-state index is 12.0. The van der Waals surface area contributed by atoms with Gasteiger partial charge in [0.2, 0.25) is 0 Å². The molecule has 2 N–H and O–H groups in total. The first-order valence-corrected chi connectivity index (χ1v) is 8.39. The summed E-state index contributed by atoms with van der Waals surface area (Å²) >= 11 is 0. The average molecular weight is 298 g/mol. The molecule has 1 saturated heterocycles. The highest BCUT2D eigenvalue weighted by molar-refractivity contribution is 7.91. The second-order valence-corrected chi connectivity index (χ2v) is 7.02. The van der Waals surface area contributed by atoms with Gasteiger partial charge < -0.3 is 10.6 Å². The van der Waals surface area contributed by atoms with E-state index >= 15 is 0 Å². The number of sulfone groups is 1. The lowest BCUT2D eigenvalue weighted by atomic mass is 10.1. The van der Waals surface area contributed by atoms with Gasteiger partial charge in [0.25, 0.3) is 5.91 Å². The number of amides is 1. The standard InChI is InChI=1S/C12H18N4O3S/c1-2-13-11-8-14-10(7-15-11)12(17)16-9-3-5-20(18,19)6-4-9/h7-9H,2-6H2,1H3,(H,13,15)(H,16,17). The molecule has 20 heavy (non-hydrogen) atoms. The SMILES string of the molecule is CCNc1cnc(C(=O)NC2CCS(=O)(=O)CC2)cn1. The van der Waals surface area contributed by atoms with Gasteiger partial charge in [-0.25, -0.2) is 18.4 Å². The zero-order valence-corrected chi connectivity index (χ0v) is 12.1. The number of hydrogen-bond acceptors (Lipinski definition) is 6. The van der Waals surface area contributed by atoms with Crippen LogP contribution in [0.4, 0.5) is 5.82 Å². The largest absolute Gasteiger partial charge is 0.369 e. The van der Waals surface area contributed by atoms with Gasteiger partial charge in [0.05, 0.1) is 23.9 Å². The molecule has 0 aromatic carbocycles. The minimum Gasteiger partial charge on any atom is -0.369 e. The van der Waals surface area contributed by atoms with Crippen LogP contribution in [-0.4, -0.2) is 48.4 Å². The highest BCUT2D eigenvalue weighted by atomic mass is 32.2. The summed E-state index contributed by atoms with van der Waals surface area (Å²) in [6.07, 6.45) is 3.82. The van der Waals surface area contributed by atoms with Crippen molar-refractivity contribution in [3.05, 3.63) is 18.1 Å². The van der Waals surface area contributed by atoms with Gasteiger partial charge in [-0.2, -0.15) is 0 Å². The van der Waals surface area contributed by atoms with Gasteiger partial charge in [0.15, 0.2) is 0 Å². The fourth-order valence-electron chi connectivity index (χ4n) is 2.01. The Morgan fingerprint density at radius 1 is 1.30 bits per heavy atom. The second-order valence-electron chi connectivity index (χ2n) is 4.72. The number of nitrogens with one attached hydrogen (secondary N) is 2. The van der Waals surface area contributed by atoms with E-state index in [1.54, 1.807) is 0 Å². The molecule has 8 heteroatoms. The van der Waals surface area contributed by atoms with E-state index in [9.17, 15) is 13.2 Å². The van der Waals surface area contributed by atoms with Gasteiger partial charge in [-0.15, -0.1) is 0 Å². The van der Waals surface area contributed by atoms with Crippen LogP contribution in [-0.2, 0) is 9.84 Å². The van der Waals surface area contributed by atoms with Crippen molar-refractivity contribution in [2.75, 3.05) is 23.4 Å².